The molecule has 34 heavy (non-hydrogen) atoms. The van der Waals surface area contributed by atoms with E-state index in [1.165, 1.54) is 0 Å². The van der Waals surface area contributed by atoms with E-state index in [1.54, 1.807) is 11.8 Å². The highest BCUT2D eigenvalue weighted by Crippen LogP contribution is 2.34. The molecule has 1 aromatic heterocycles. The largest absolute Gasteiger partial charge is 0.439 e. The first kappa shape index (κ1) is 25.9. The molecule has 7 heteroatoms. The molecular formula is C27H37N3O4. The van der Waals surface area contributed by atoms with Gasteiger partial charge in [-0.3, -0.25) is 4.90 Å². The van der Waals surface area contributed by atoms with Crippen LogP contribution < -0.4 is 4.74 Å². The van der Waals surface area contributed by atoms with Gasteiger partial charge in [-0.2, -0.15) is 5.10 Å². The van der Waals surface area contributed by atoms with Crippen LogP contribution >= 0.6 is 0 Å². The molecule has 0 spiro atoms. The highest BCUT2D eigenvalue weighted by Gasteiger charge is 2.23. The van der Waals surface area contributed by atoms with Gasteiger partial charge in [0.25, 0.3) is 0 Å². The highest BCUT2D eigenvalue weighted by molar-refractivity contribution is 5.65. The third kappa shape index (κ3) is 7.67. The molecule has 0 saturated carbocycles. The number of hydrogen-bond acceptors (Lipinski definition) is 6. The number of methoxy groups -OCH3 is 1. The van der Waals surface area contributed by atoms with Crippen LogP contribution in [-0.4, -0.2) is 65.9 Å². The predicted octanol–water partition coefficient (Wildman–Crippen LogP) is 4.51. The Morgan fingerprint density at radius 3 is 2.41 bits per heavy atom. The molecule has 0 aliphatic heterocycles. The van der Waals surface area contributed by atoms with Gasteiger partial charge in [-0.05, 0) is 18.6 Å². The van der Waals surface area contributed by atoms with E-state index in [-0.39, 0.29) is 0 Å². The zero-order chi connectivity index (χ0) is 24.2. The van der Waals surface area contributed by atoms with Crippen LogP contribution in [0.4, 0.5) is 0 Å². The lowest BCUT2D eigenvalue weighted by Crippen LogP contribution is -2.36. The summed E-state index contributed by atoms with van der Waals surface area (Å²) in [6.07, 6.45) is 1.48. The maximum absolute atomic E-state index is 10.6. The normalized spacial score (nSPS) is 12.3. The summed E-state index contributed by atoms with van der Waals surface area (Å²) in [4.78, 5) is 2.17. The van der Waals surface area contributed by atoms with E-state index in [4.69, 9.17) is 19.3 Å². The quantitative estimate of drug-likeness (QED) is 0.332. The number of rotatable bonds is 15. The maximum atomic E-state index is 10.6. The Labute approximate surface area is 202 Å². The van der Waals surface area contributed by atoms with Crippen molar-refractivity contribution in [3.05, 3.63) is 66.2 Å². The predicted molar refractivity (Wildman–Crippen MR) is 134 cm³/mol. The minimum absolute atomic E-state index is 0.315. The topological polar surface area (TPSA) is 69.0 Å². The third-order valence-corrected chi connectivity index (χ3v) is 5.51. The van der Waals surface area contributed by atoms with Gasteiger partial charge in [0.1, 0.15) is 11.4 Å². The molecule has 3 rings (SSSR count). The smallest absolute Gasteiger partial charge is 0.222 e. The van der Waals surface area contributed by atoms with Gasteiger partial charge < -0.3 is 19.3 Å². The van der Waals surface area contributed by atoms with Crippen molar-refractivity contribution < 1.29 is 19.3 Å². The molecule has 7 nitrogen and oxygen atoms in total. The van der Waals surface area contributed by atoms with E-state index in [2.05, 4.69) is 11.8 Å². The van der Waals surface area contributed by atoms with Crippen LogP contribution in [0.25, 0.3) is 11.3 Å². The van der Waals surface area contributed by atoms with E-state index in [9.17, 15) is 5.11 Å². The number of hydrogen-bond donors (Lipinski definition) is 1. The van der Waals surface area contributed by atoms with Gasteiger partial charge in [0.2, 0.25) is 5.88 Å². The van der Waals surface area contributed by atoms with E-state index >= 15 is 0 Å². The van der Waals surface area contributed by atoms with E-state index in [0.29, 0.717) is 45.3 Å². The lowest BCUT2D eigenvalue weighted by atomic mass is 10.1. The molecule has 1 atom stereocenters. The second-order valence-electron chi connectivity index (χ2n) is 8.35. The zero-order valence-corrected chi connectivity index (χ0v) is 20.5. The molecule has 0 aliphatic carbocycles. The monoisotopic (exact) mass is 467 g/mol. The van der Waals surface area contributed by atoms with Crippen LogP contribution in [0, 0.1) is 0 Å². The van der Waals surface area contributed by atoms with E-state index in [1.807, 2.05) is 67.7 Å². The number of unbranched alkanes of at least 4 members (excludes halogenated alkanes) is 1. The summed E-state index contributed by atoms with van der Waals surface area (Å²) < 4.78 is 19.1. The number of benzene rings is 2. The number of aryl methyl sites for hydroxylation is 1. The van der Waals surface area contributed by atoms with Gasteiger partial charge in [-0.15, -0.1) is 0 Å². The number of aliphatic hydroxyl groups is 1. The van der Waals surface area contributed by atoms with Crippen LogP contribution in [0.15, 0.2) is 60.7 Å². The number of aliphatic hydroxyl groups excluding tert-OH is 1. The Hall–Kier alpha value is -2.71. The Bertz CT molecular complexity index is 963. The summed E-state index contributed by atoms with van der Waals surface area (Å²) >= 11 is 0. The average Bonchev–Trinajstić information content (AvgIpc) is 3.16. The molecule has 3 aromatic rings. The van der Waals surface area contributed by atoms with E-state index in [0.717, 1.165) is 35.4 Å². The molecule has 0 saturated heterocycles. The van der Waals surface area contributed by atoms with Crippen molar-refractivity contribution in [2.45, 2.75) is 32.4 Å². The van der Waals surface area contributed by atoms with Crippen molar-refractivity contribution >= 4 is 0 Å². The minimum Gasteiger partial charge on any atom is -0.439 e. The van der Waals surface area contributed by atoms with Crippen LogP contribution in [-0.2, 0) is 23.1 Å². The molecule has 2 aromatic carbocycles. The summed E-state index contributed by atoms with van der Waals surface area (Å²) in [5, 5.41) is 15.4. The second-order valence-corrected chi connectivity index (χ2v) is 8.35. The van der Waals surface area contributed by atoms with Crippen molar-refractivity contribution in [2.24, 2.45) is 7.05 Å². The fraction of sp³-hybridized carbons (Fsp3) is 0.444. The van der Waals surface area contributed by atoms with Crippen molar-refractivity contribution in [2.75, 3.05) is 40.0 Å². The first-order chi connectivity index (χ1) is 16.6. The fourth-order valence-electron chi connectivity index (χ4n) is 3.75. The Morgan fingerprint density at radius 2 is 1.74 bits per heavy atom. The first-order valence-electron chi connectivity index (χ1n) is 11.9. The second kappa shape index (κ2) is 13.9. The van der Waals surface area contributed by atoms with Crippen LogP contribution in [0.5, 0.6) is 11.6 Å². The van der Waals surface area contributed by atoms with Crippen molar-refractivity contribution in [3.63, 3.8) is 0 Å². The van der Waals surface area contributed by atoms with Crippen molar-refractivity contribution in [3.8, 4) is 22.9 Å². The van der Waals surface area contributed by atoms with Gasteiger partial charge in [0, 0.05) is 46.0 Å². The summed E-state index contributed by atoms with van der Waals surface area (Å²) in [6, 6.07) is 19.8. The lowest BCUT2D eigenvalue weighted by molar-refractivity contribution is 0.0101. The first-order valence-corrected chi connectivity index (χ1v) is 11.9. The Morgan fingerprint density at radius 1 is 1.03 bits per heavy atom. The molecule has 0 amide bonds. The summed E-state index contributed by atoms with van der Waals surface area (Å²) in [6.45, 7) is 5.34. The number of aromatic nitrogens is 2. The zero-order valence-electron chi connectivity index (χ0n) is 20.5. The van der Waals surface area contributed by atoms with E-state index < -0.39 is 6.10 Å². The maximum Gasteiger partial charge on any atom is 0.222 e. The third-order valence-electron chi connectivity index (χ3n) is 5.51. The lowest BCUT2D eigenvalue weighted by Gasteiger charge is -2.25. The van der Waals surface area contributed by atoms with Crippen molar-refractivity contribution in [1.29, 1.82) is 0 Å². The molecule has 184 valence electrons. The number of para-hydroxylation sites is 1. The molecule has 0 aliphatic rings. The van der Waals surface area contributed by atoms with Crippen LogP contribution in [0.2, 0.25) is 0 Å². The molecule has 0 fully saturated rings. The SMILES string of the molecule is CCCCOCC(O)CN(CCOC)Cc1c(-c2ccccc2)nn(C)c1Oc1ccccc1. The molecule has 0 radical (unpaired) electrons. The molecule has 1 unspecified atom stereocenters. The van der Waals surface area contributed by atoms with Crippen LogP contribution in [0.3, 0.4) is 0 Å². The van der Waals surface area contributed by atoms with Gasteiger partial charge in [0.05, 0.1) is 24.9 Å². The van der Waals surface area contributed by atoms with Gasteiger partial charge in [-0.25, -0.2) is 4.68 Å². The molecular weight excluding hydrogens is 430 g/mol. The average molecular weight is 468 g/mol. The molecule has 0 bridgehead atoms. The molecule has 1 heterocycles. The number of ether oxygens (including phenoxy) is 3. The fourth-order valence-corrected chi connectivity index (χ4v) is 3.75. The van der Waals surface area contributed by atoms with Crippen LogP contribution in [0.1, 0.15) is 25.3 Å². The summed E-state index contributed by atoms with van der Waals surface area (Å²) in [5.41, 5.74) is 2.85. The summed E-state index contributed by atoms with van der Waals surface area (Å²) in [7, 11) is 3.58. The number of nitrogens with zero attached hydrogens (tertiary/aromatic N) is 3. The van der Waals surface area contributed by atoms with Gasteiger partial charge >= 0.3 is 0 Å². The standard InChI is InChI=1S/C27H37N3O4/c1-4-5-17-33-21-23(31)19-30(16-18-32-3)20-25-26(22-12-8-6-9-13-22)28-29(2)27(25)34-24-14-10-7-11-15-24/h6-15,23,31H,4-5,16-21H2,1-3H3. The Kier molecular flexibility index (Phi) is 10.6. The molecule has 1 N–H and O–H groups in total. The van der Waals surface area contributed by atoms with Gasteiger partial charge in [0.15, 0.2) is 0 Å². The van der Waals surface area contributed by atoms with Crippen molar-refractivity contribution in [1.82, 2.24) is 14.7 Å². The minimum atomic E-state index is -0.593. The Balaban J connectivity index is 1.86. The highest BCUT2D eigenvalue weighted by atomic mass is 16.5. The summed E-state index contributed by atoms with van der Waals surface area (Å²) in [5.74, 6) is 1.43. The van der Waals surface area contributed by atoms with Gasteiger partial charge in [-0.1, -0.05) is 61.9 Å².